The number of benzene rings is 2. The topological polar surface area (TPSA) is 12.0 Å². The second-order valence-corrected chi connectivity index (χ2v) is 5.15. The molecule has 4 heteroatoms. The predicted octanol–water partition coefficient (Wildman–Crippen LogP) is 4.26. The highest BCUT2D eigenvalue weighted by Gasteiger charge is 2.02. The zero-order chi connectivity index (χ0) is 14.5. The van der Waals surface area contributed by atoms with Gasteiger partial charge in [0.1, 0.15) is 11.6 Å². The van der Waals surface area contributed by atoms with Gasteiger partial charge in [0.25, 0.3) is 0 Å². The van der Waals surface area contributed by atoms with E-state index >= 15 is 0 Å². The molecule has 0 saturated carbocycles. The summed E-state index contributed by atoms with van der Waals surface area (Å²) in [6.07, 6.45) is 0.808. The third-order valence-corrected chi connectivity index (χ3v) is 3.50. The molecule has 0 unspecified atom stereocenters. The van der Waals surface area contributed by atoms with Crippen LogP contribution < -0.4 is 5.32 Å². The Labute approximate surface area is 122 Å². The molecule has 0 heterocycles. The number of hydrogen-bond donors (Lipinski definition) is 1. The molecule has 0 radical (unpaired) electrons. The summed E-state index contributed by atoms with van der Waals surface area (Å²) < 4.78 is 26.2. The van der Waals surface area contributed by atoms with Gasteiger partial charge in [-0.25, -0.2) is 8.78 Å². The maximum Gasteiger partial charge on any atom is 0.142 e. The van der Waals surface area contributed by atoms with E-state index in [1.807, 2.05) is 6.92 Å². The first-order valence-corrected chi connectivity index (χ1v) is 6.84. The number of nitrogens with one attached hydrogen (secondary N) is 1. The van der Waals surface area contributed by atoms with Gasteiger partial charge in [0.15, 0.2) is 0 Å². The molecule has 0 aliphatic heterocycles. The molecule has 20 heavy (non-hydrogen) atoms. The maximum atomic E-state index is 13.2. The van der Waals surface area contributed by atoms with Crippen molar-refractivity contribution >= 4 is 11.6 Å². The van der Waals surface area contributed by atoms with Crippen LogP contribution in [0.1, 0.15) is 16.7 Å². The molecule has 1 nitrogen and oxygen atoms in total. The van der Waals surface area contributed by atoms with E-state index in [1.54, 1.807) is 18.2 Å². The summed E-state index contributed by atoms with van der Waals surface area (Å²) in [6.45, 7) is 3.22. The summed E-state index contributed by atoms with van der Waals surface area (Å²) in [7, 11) is 0. The van der Waals surface area contributed by atoms with Gasteiger partial charge in [0.05, 0.1) is 5.02 Å². The van der Waals surface area contributed by atoms with E-state index in [9.17, 15) is 8.78 Å². The lowest BCUT2D eigenvalue weighted by Gasteiger charge is -2.08. The zero-order valence-corrected chi connectivity index (χ0v) is 12.0. The van der Waals surface area contributed by atoms with E-state index in [-0.39, 0.29) is 10.8 Å². The fourth-order valence-electron chi connectivity index (χ4n) is 2.05. The van der Waals surface area contributed by atoms with Crippen molar-refractivity contribution < 1.29 is 8.78 Å². The van der Waals surface area contributed by atoms with Gasteiger partial charge in [0, 0.05) is 6.54 Å². The van der Waals surface area contributed by atoms with E-state index in [4.69, 9.17) is 11.6 Å². The normalized spacial score (nSPS) is 10.8. The van der Waals surface area contributed by atoms with Gasteiger partial charge in [-0.15, -0.1) is 0 Å². The average Bonchev–Trinajstić information content (AvgIpc) is 2.40. The summed E-state index contributed by atoms with van der Waals surface area (Å²) in [6, 6.07) is 9.58. The molecule has 0 aliphatic rings. The van der Waals surface area contributed by atoms with E-state index in [0.717, 1.165) is 29.7 Å². The smallest absolute Gasteiger partial charge is 0.142 e. The lowest BCUT2D eigenvalue weighted by Crippen LogP contribution is -2.17. The molecule has 1 N–H and O–H groups in total. The van der Waals surface area contributed by atoms with Gasteiger partial charge in [0.2, 0.25) is 0 Å². The first-order chi connectivity index (χ1) is 9.56. The van der Waals surface area contributed by atoms with Crippen LogP contribution in [0, 0.1) is 18.6 Å². The molecule has 2 aromatic carbocycles. The van der Waals surface area contributed by atoms with E-state index in [2.05, 4.69) is 5.32 Å². The molecular formula is C16H16ClF2N. The minimum atomic E-state index is -0.402. The van der Waals surface area contributed by atoms with Crippen molar-refractivity contribution in [2.45, 2.75) is 19.9 Å². The Morgan fingerprint density at radius 2 is 1.90 bits per heavy atom. The number of halogens is 3. The minimum Gasteiger partial charge on any atom is -0.312 e. The van der Waals surface area contributed by atoms with Crippen LogP contribution in [-0.2, 0) is 13.0 Å². The molecule has 2 aromatic rings. The van der Waals surface area contributed by atoms with Crippen LogP contribution >= 0.6 is 11.6 Å². The zero-order valence-electron chi connectivity index (χ0n) is 11.2. The van der Waals surface area contributed by atoms with E-state index in [0.29, 0.717) is 6.54 Å². The van der Waals surface area contributed by atoms with Crippen LogP contribution in [0.15, 0.2) is 36.4 Å². The number of rotatable bonds is 5. The summed E-state index contributed by atoms with van der Waals surface area (Å²) in [5.41, 5.74) is 2.91. The largest absolute Gasteiger partial charge is 0.312 e. The van der Waals surface area contributed by atoms with Gasteiger partial charge in [-0.3, -0.25) is 0 Å². The van der Waals surface area contributed by atoms with Gasteiger partial charge >= 0.3 is 0 Å². The van der Waals surface area contributed by atoms with Crippen molar-refractivity contribution in [3.63, 3.8) is 0 Å². The fourth-order valence-corrected chi connectivity index (χ4v) is 2.16. The second kappa shape index (κ2) is 6.82. The Hall–Kier alpha value is -1.45. The monoisotopic (exact) mass is 295 g/mol. The number of hydrogen-bond acceptors (Lipinski definition) is 1. The van der Waals surface area contributed by atoms with Crippen molar-refractivity contribution in [2.24, 2.45) is 0 Å². The molecule has 0 aliphatic carbocycles. The van der Waals surface area contributed by atoms with Crippen LogP contribution in [-0.4, -0.2) is 6.54 Å². The molecule has 0 fully saturated rings. The molecule has 2 rings (SSSR count). The first kappa shape index (κ1) is 14.9. The standard InChI is InChI=1S/C16H16ClF2N/c1-11-8-14(18)4-3-13(11)6-7-20-10-12-2-5-15(17)16(19)9-12/h2-5,8-9,20H,6-7,10H2,1H3. The number of aryl methyl sites for hydroxylation is 1. The molecular weight excluding hydrogens is 280 g/mol. The highest BCUT2D eigenvalue weighted by Crippen LogP contribution is 2.15. The predicted molar refractivity (Wildman–Crippen MR) is 78.0 cm³/mol. The van der Waals surface area contributed by atoms with Crippen LogP contribution in [0.2, 0.25) is 5.02 Å². The second-order valence-electron chi connectivity index (χ2n) is 4.75. The van der Waals surface area contributed by atoms with E-state index in [1.165, 1.54) is 18.2 Å². The third kappa shape index (κ3) is 4.02. The third-order valence-electron chi connectivity index (χ3n) is 3.19. The van der Waals surface area contributed by atoms with Crippen molar-refractivity contribution in [3.05, 3.63) is 69.7 Å². The summed E-state index contributed by atoms with van der Waals surface area (Å²) in [5, 5.41) is 3.37. The Balaban J connectivity index is 1.82. The van der Waals surface area contributed by atoms with Crippen LogP contribution in [0.4, 0.5) is 8.78 Å². The van der Waals surface area contributed by atoms with Crippen molar-refractivity contribution in [3.8, 4) is 0 Å². The van der Waals surface area contributed by atoms with Gasteiger partial charge in [-0.05, 0) is 60.8 Å². The Bertz CT molecular complexity index is 599. The van der Waals surface area contributed by atoms with Crippen molar-refractivity contribution in [1.82, 2.24) is 5.32 Å². The molecule has 0 atom stereocenters. The highest BCUT2D eigenvalue weighted by atomic mass is 35.5. The molecule has 0 saturated heterocycles. The Morgan fingerprint density at radius 1 is 1.10 bits per heavy atom. The van der Waals surface area contributed by atoms with Crippen molar-refractivity contribution in [2.75, 3.05) is 6.54 Å². The molecule has 0 aromatic heterocycles. The molecule has 0 amide bonds. The Kier molecular flexibility index (Phi) is 5.10. The van der Waals surface area contributed by atoms with Crippen LogP contribution in [0.5, 0.6) is 0 Å². The van der Waals surface area contributed by atoms with Crippen LogP contribution in [0.3, 0.4) is 0 Å². The maximum absolute atomic E-state index is 13.2. The van der Waals surface area contributed by atoms with Gasteiger partial charge in [-0.2, -0.15) is 0 Å². The lowest BCUT2D eigenvalue weighted by atomic mass is 10.1. The summed E-state index contributed by atoms with van der Waals surface area (Å²) in [5.74, 6) is -0.615. The van der Waals surface area contributed by atoms with Crippen molar-refractivity contribution in [1.29, 1.82) is 0 Å². The van der Waals surface area contributed by atoms with Gasteiger partial charge < -0.3 is 5.32 Å². The quantitative estimate of drug-likeness (QED) is 0.813. The first-order valence-electron chi connectivity index (χ1n) is 6.46. The minimum absolute atomic E-state index is 0.135. The average molecular weight is 296 g/mol. The molecule has 106 valence electrons. The highest BCUT2D eigenvalue weighted by molar-refractivity contribution is 6.30. The SMILES string of the molecule is Cc1cc(F)ccc1CCNCc1ccc(Cl)c(F)c1. The fraction of sp³-hybridized carbons (Fsp3) is 0.250. The molecule has 0 spiro atoms. The summed E-state index contributed by atoms with van der Waals surface area (Å²) in [4.78, 5) is 0. The van der Waals surface area contributed by atoms with Gasteiger partial charge in [-0.1, -0.05) is 23.7 Å². The Morgan fingerprint density at radius 3 is 2.60 bits per heavy atom. The lowest BCUT2D eigenvalue weighted by molar-refractivity contribution is 0.619. The van der Waals surface area contributed by atoms with E-state index < -0.39 is 5.82 Å². The molecule has 0 bridgehead atoms. The van der Waals surface area contributed by atoms with Crippen LogP contribution in [0.25, 0.3) is 0 Å². The summed E-state index contributed by atoms with van der Waals surface area (Å²) >= 11 is 5.63.